The van der Waals surface area contributed by atoms with Crippen LogP contribution < -0.4 is 10.5 Å². The van der Waals surface area contributed by atoms with E-state index >= 15 is 0 Å². The molecule has 1 aromatic rings. The van der Waals surface area contributed by atoms with Gasteiger partial charge >= 0.3 is 0 Å². The molecular formula is C11H13FN2O5S2. The molecule has 1 fully saturated rings. The maximum Gasteiger partial charge on any atom is 0.238 e. The first-order chi connectivity index (χ1) is 9.58. The molecule has 0 radical (unpaired) electrons. The summed E-state index contributed by atoms with van der Waals surface area (Å²) in [5, 5.41) is 7.11. The zero-order valence-corrected chi connectivity index (χ0v) is 12.4. The number of nitrogens with one attached hydrogen (secondary N) is 1. The van der Waals surface area contributed by atoms with E-state index in [2.05, 4.69) is 5.32 Å². The second-order valence-electron chi connectivity index (χ2n) is 4.78. The largest absolute Gasteiger partial charge is 0.323 e. The van der Waals surface area contributed by atoms with Crippen LogP contribution in [0.5, 0.6) is 0 Å². The molecule has 7 nitrogen and oxygen atoms in total. The molecule has 1 heterocycles. The third kappa shape index (κ3) is 3.77. The summed E-state index contributed by atoms with van der Waals surface area (Å²) < 4.78 is 58.4. The van der Waals surface area contributed by atoms with Gasteiger partial charge in [0.25, 0.3) is 0 Å². The van der Waals surface area contributed by atoms with E-state index in [0.717, 1.165) is 12.1 Å². The van der Waals surface area contributed by atoms with Crippen molar-refractivity contribution in [2.75, 3.05) is 16.8 Å². The van der Waals surface area contributed by atoms with Crippen LogP contribution in [-0.2, 0) is 24.7 Å². The Kier molecular flexibility index (Phi) is 4.04. The Labute approximate surface area is 121 Å². The van der Waals surface area contributed by atoms with Gasteiger partial charge in [0.05, 0.1) is 28.0 Å². The van der Waals surface area contributed by atoms with Crippen molar-refractivity contribution in [3.63, 3.8) is 0 Å². The first-order valence-electron chi connectivity index (χ1n) is 5.92. The van der Waals surface area contributed by atoms with Gasteiger partial charge < -0.3 is 5.32 Å². The molecule has 1 aliphatic heterocycles. The van der Waals surface area contributed by atoms with E-state index in [-0.39, 0.29) is 23.6 Å². The molecule has 0 aromatic heterocycles. The zero-order chi connectivity index (χ0) is 15.8. The van der Waals surface area contributed by atoms with Crippen LogP contribution in [0, 0.1) is 11.7 Å². The van der Waals surface area contributed by atoms with Gasteiger partial charge in [-0.3, -0.25) is 4.79 Å². The van der Waals surface area contributed by atoms with Gasteiger partial charge in [-0.25, -0.2) is 26.4 Å². The van der Waals surface area contributed by atoms with Crippen LogP contribution in [0.1, 0.15) is 6.42 Å². The molecule has 0 saturated carbocycles. The molecule has 21 heavy (non-hydrogen) atoms. The number of benzene rings is 1. The minimum absolute atomic E-state index is 0.0715. The van der Waals surface area contributed by atoms with Crippen molar-refractivity contribution < 1.29 is 26.0 Å². The first-order valence-corrected chi connectivity index (χ1v) is 9.29. The number of nitrogens with two attached hydrogens (primary N) is 1. The molecule has 1 atom stereocenters. The third-order valence-corrected chi connectivity index (χ3v) is 5.81. The van der Waals surface area contributed by atoms with Crippen molar-refractivity contribution in [2.24, 2.45) is 11.1 Å². The zero-order valence-electron chi connectivity index (χ0n) is 10.7. The summed E-state index contributed by atoms with van der Waals surface area (Å²) in [4.78, 5) is 11.4. The Hall–Kier alpha value is -1.52. The third-order valence-electron chi connectivity index (χ3n) is 3.13. The average Bonchev–Trinajstić information content (AvgIpc) is 2.71. The first kappa shape index (κ1) is 15.9. The number of carbonyl (C=O) groups is 1. The second-order valence-corrected chi connectivity index (χ2v) is 8.57. The standard InChI is InChI=1S/C11H13FN2O5S2/c12-9-5-8(21(13,18)19)1-2-10(9)14-11(15)7-3-4-20(16,17)6-7/h1-2,5,7H,3-4,6H2,(H,14,15)(H2,13,18,19). The number of primary sulfonamides is 1. The Morgan fingerprint density at radius 2 is 2.05 bits per heavy atom. The number of anilines is 1. The predicted molar refractivity (Wildman–Crippen MR) is 73.2 cm³/mol. The lowest BCUT2D eigenvalue weighted by atomic mass is 10.1. The van der Waals surface area contributed by atoms with Crippen molar-refractivity contribution in [3.8, 4) is 0 Å². The topological polar surface area (TPSA) is 123 Å². The Bertz CT molecular complexity index is 789. The van der Waals surface area contributed by atoms with E-state index in [1.54, 1.807) is 0 Å². The normalized spacial score (nSPS) is 21.1. The highest BCUT2D eigenvalue weighted by molar-refractivity contribution is 7.91. The van der Waals surface area contributed by atoms with Crippen LogP contribution in [0.3, 0.4) is 0 Å². The van der Waals surface area contributed by atoms with Gasteiger partial charge in [0.1, 0.15) is 5.82 Å². The number of carbonyl (C=O) groups excluding carboxylic acids is 1. The van der Waals surface area contributed by atoms with Gasteiger partial charge in [0, 0.05) is 0 Å². The van der Waals surface area contributed by atoms with Gasteiger partial charge in [-0.05, 0) is 24.6 Å². The lowest BCUT2D eigenvalue weighted by Crippen LogP contribution is -2.24. The fourth-order valence-corrected chi connectivity index (χ4v) is 4.28. The number of hydrogen-bond donors (Lipinski definition) is 2. The minimum Gasteiger partial charge on any atom is -0.323 e. The van der Waals surface area contributed by atoms with Gasteiger partial charge in [-0.1, -0.05) is 0 Å². The summed E-state index contributed by atoms with van der Waals surface area (Å²) >= 11 is 0. The highest BCUT2D eigenvalue weighted by Gasteiger charge is 2.33. The molecule has 0 aliphatic carbocycles. The smallest absolute Gasteiger partial charge is 0.238 e. The summed E-state index contributed by atoms with van der Waals surface area (Å²) in [6, 6.07) is 2.81. The van der Waals surface area contributed by atoms with Crippen LogP contribution in [0.25, 0.3) is 0 Å². The molecule has 1 amide bonds. The van der Waals surface area contributed by atoms with Crippen molar-refractivity contribution >= 4 is 31.5 Å². The molecule has 0 spiro atoms. The molecule has 116 valence electrons. The summed E-state index contributed by atoms with van der Waals surface area (Å²) in [6.07, 6.45) is 0.186. The number of amides is 1. The molecule has 1 aromatic carbocycles. The van der Waals surface area contributed by atoms with Crippen molar-refractivity contribution in [2.45, 2.75) is 11.3 Å². The van der Waals surface area contributed by atoms with Gasteiger partial charge in [-0.2, -0.15) is 0 Å². The van der Waals surface area contributed by atoms with E-state index in [0.29, 0.717) is 6.07 Å². The maximum atomic E-state index is 13.7. The molecule has 10 heteroatoms. The average molecular weight is 336 g/mol. The number of halogens is 1. The number of rotatable bonds is 3. The monoisotopic (exact) mass is 336 g/mol. The Morgan fingerprint density at radius 3 is 2.52 bits per heavy atom. The van der Waals surface area contributed by atoms with Crippen LogP contribution in [-0.4, -0.2) is 34.2 Å². The van der Waals surface area contributed by atoms with E-state index in [9.17, 15) is 26.0 Å². The fraction of sp³-hybridized carbons (Fsp3) is 0.364. The lowest BCUT2D eigenvalue weighted by molar-refractivity contribution is -0.119. The summed E-state index contributed by atoms with van der Waals surface area (Å²) in [5.74, 6) is -2.64. The Morgan fingerprint density at radius 1 is 1.38 bits per heavy atom. The second kappa shape index (κ2) is 5.35. The minimum atomic E-state index is -4.03. The highest BCUT2D eigenvalue weighted by Crippen LogP contribution is 2.23. The van der Waals surface area contributed by atoms with Crippen molar-refractivity contribution in [1.29, 1.82) is 0 Å². The quantitative estimate of drug-likeness (QED) is 0.794. The summed E-state index contributed by atoms with van der Waals surface area (Å²) in [7, 11) is -7.25. The number of hydrogen-bond acceptors (Lipinski definition) is 5. The lowest BCUT2D eigenvalue weighted by Gasteiger charge is -2.10. The van der Waals surface area contributed by atoms with Gasteiger partial charge in [-0.15, -0.1) is 0 Å². The van der Waals surface area contributed by atoms with Crippen LogP contribution >= 0.6 is 0 Å². The highest BCUT2D eigenvalue weighted by atomic mass is 32.2. The van der Waals surface area contributed by atoms with Crippen LogP contribution in [0.15, 0.2) is 23.1 Å². The van der Waals surface area contributed by atoms with Crippen LogP contribution in [0.4, 0.5) is 10.1 Å². The molecule has 0 bridgehead atoms. The number of sulfonamides is 1. The van der Waals surface area contributed by atoms with Gasteiger partial charge in [0.15, 0.2) is 9.84 Å². The fourth-order valence-electron chi connectivity index (χ4n) is 2.01. The van der Waals surface area contributed by atoms with E-state index in [4.69, 9.17) is 5.14 Å². The summed E-state index contributed by atoms with van der Waals surface area (Å²) in [6.45, 7) is 0. The Balaban J connectivity index is 2.16. The van der Waals surface area contributed by atoms with E-state index in [1.807, 2.05) is 0 Å². The molecular weight excluding hydrogens is 323 g/mol. The molecule has 1 saturated heterocycles. The van der Waals surface area contributed by atoms with Crippen molar-refractivity contribution in [3.05, 3.63) is 24.0 Å². The molecule has 1 aliphatic rings. The van der Waals surface area contributed by atoms with E-state index in [1.165, 1.54) is 0 Å². The maximum absolute atomic E-state index is 13.7. The van der Waals surface area contributed by atoms with Gasteiger partial charge in [0.2, 0.25) is 15.9 Å². The van der Waals surface area contributed by atoms with E-state index < -0.39 is 42.4 Å². The molecule has 2 rings (SSSR count). The number of sulfone groups is 1. The van der Waals surface area contributed by atoms with Crippen molar-refractivity contribution in [1.82, 2.24) is 0 Å². The van der Waals surface area contributed by atoms with Crippen LogP contribution in [0.2, 0.25) is 0 Å². The SMILES string of the molecule is NS(=O)(=O)c1ccc(NC(=O)C2CCS(=O)(=O)C2)c(F)c1. The molecule has 1 unspecified atom stereocenters. The predicted octanol–water partition coefficient (Wildman–Crippen LogP) is -0.154. The summed E-state index contributed by atoms with van der Waals surface area (Å²) in [5.41, 5.74) is -0.225. The molecule has 3 N–H and O–H groups in total.